The Balaban J connectivity index is 3.96. The third-order valence-corrected chi connectivity index (χ3v) is 3.32. The Morgan fingerprint density at radius 2 is 1.32 bits per heavy atom. The maximum Gasteiger partial charge on any atom is 0.472 e. The van der Waals surface area contributed by atoms with Gasteiger partial charge in [0.15, 0.2) is 0 Å². The highest BCUT2D eigenvalue weighted by molar-refractivity contribution is 7.47. The van der Waals surface area contributed by atoms with E-state index in [4.69, 9.17) is 14.9 Å². The lowest BCUT2D eigenvalue weighted by Gasteiger charge is -2.17. The molecule has 0 aromatic heterocycles. The number of phosphoric acid groups is 2. The van der Waals surface area contributed by atoms with E-state index < -0.39 is 21.6 Å². The van der Waals surface area contributed by atoms with Crippen molar-refractivity contribution in [2.24, 2.45) is 11.8 Å². The predicted octanol–water partition coefficient (Wildman–Crippen LogP) is 0.494. The van der Waals surface area contributed by atoms with E-state index in [1.807, 2.05) is 0 Å². The van der Waals surface area contributed by atoms with Gasteiger partial charge in [-0.25, -0.2) is 9.13 Å². The van der Waals surface area contributed by atoms with E-state index in [9.17, 15) is 14.0 Å². The van der Waals surface area contributed by atoms with Crippen molar-refractivity contribution in [3.63, 3.8) is 0 Å². The molecule has 3 atom stereocenters. The fraction of sp³-hybridized carbons (Fsp3) is 1.00. The first-order valence-electron chi connectivity index (χ1n) is 5.48. The van der Waals surface area contributed by atoms with Gasteiger partial charge < -0.3 is 19.8 Å². The first kappa shape index (κ1) is 19.2. The Bertz CT molecular complexity index is 341. The molecule has 0 rings (SSSR count). The zero-order valence-electron chi connectivity index (χ0n) is 10.7. The summed E-state index contributed by atoms with van der Waals surface area (Å²) in [6.45, 7) is 2.23. The first-order valence-corrected chi connectivity index (χ1v) is 8.51. The molecule has 9 nitrogen and oxygen atoms in total. The number of phosphoric ester groups is 2. The van der Waals surface area contributed by atoms with E-state index >= 15 is 0 Å². The smallest absolute Gasteiger partial charge is 0.396 e. The Morgan fingerprint density at radius 3 is 1.74 bits per heavy atom. The van der Waals surface area contributed by atoms with Crippen LogP contribution < -0.4 is 0 Å². The van der Waals surface area contributed by atoms with E-state index in [1.165, 1.54) is 6.92 Å². The van der Waals surface area contributed by atoms with Gasteiger partial charge in [-0.15, -0.1) is 0 Å². The molecule has 0 fully saturated rings. The van der Waals surface area contributed by atoms with Gasteiger partial charge in [-0.05, 0) is 0 Å². The number of hydrogen-bond donors (Lipinski definition) is 4. The summed E-state index contributed by atoms with van der Waals surface area (Å²) >= 11 is 0. The van der Waals surface area contributed by atoms with Crippen LogP contribution in [0.25, 0.3) is 0 Å². The molecule has 0 aromatic carbocycles. The molecular formula is C8H20O9P2. The van der Waals surface area contributed by atoms with Crippen LogP contribution in [0.3, 0.4) is 0 Å². The van der Waals surface area contributed by atoms with Gasteiger partial charge in [0, 0.05) is 18.4 Å². The van der Waals surface area contributed by atoms with Crippen LogP contribution in [-0.2, 0) is 22.7 Å². The van der Waals surface area contributed by atoms with Crippen molar-refractivity contribution in [2.45, 2.75) is 13.8 Å². The standard InChI is InChI=1S/C8H20O9P2/c1-7(3-9)4-16-19(13,14)17-6-8(2)5-15-18(10,11)12/h7-9H,3-6H2,1-2H3,(H,13,14)(H2,10,11,12). The molecule has 0 aliphatic rings. The van der Waals surface area contributed by atoms with Crippen molar-refractivity contribution >= 4 is 15.6 Å². The van der Waals surface area contributed by atoms with Crippen molar-refractivity contribution in [1.82, 2.24) is 0 Å². The van der Waals surface area contributed by atoms with Gasteiger partial charge in [-0.2, -0.15) is 0 Å². The van der Waals surface area contributed by atoms with E-state index in [-0.39, 0.29) is 32.3 Å². The normalized spacial score (nSPS) is 18.8. The molecule has 116 valence electrons. The van der Waals surface area contributed by atoms with Crippen molar-refractivity contribution in [3.05, 3.63) is 0 Å². The van der Waals surface area contributed by atoms with Crippen LogP contribution in [0.4, 0.5) is 0 Å². The Morgan fingerprint density at radius 1 is 0.895 bits per heavy atom. The molecular weight excluding hydrogens is 302 g/mol. The third-order valence-electron chi connectivity index (χ3n) is 1.88. The average molecular weight is 322 g/mol. The Kier molecular flexibility index (Phi) is 8.54. The van der Waals surface area contributed by atoms with Gasteiger partial charge in [-0.3, -0.25) is 13.6 Å². The molecule has 0 aliphatic heterocycles. The molecule has 0 aliphatic carbocycles. The van der Waals surface area contributed by atoms with Crippen LogP contribution in [0.1, 0.15) is 13.8 Å². The van der Waals surface area contributed by atoms with Gasteiger partial charge in [0.2, 0.25) is 0 Å². The highest BCUT2D eigenvalue weighted by Gasteiger charge is 2.24. The van der Waals surface area contributed by atoms with Crippen molar-refractivity contribution in [2.75, 3.05) is 26.4 Å². The zero-order chi connectivity index (χ0) is 15.1. The van der Waals surface area contributed by atoms with Gasteiger partial charge in [0.05, 0.1) is 19.8 Å². The summed E-state index contributed by atoms with van der Waals surface area (Å²) in [5, 5.41) is 8.71. The minimum absolute atomic E-state index is 0.141. The van der Waals surface area contributed by atoms with Crippen LogP contribution in [0.5, 0.6) is 0 Å². The minimum Gasteiger partial charge on any atom is -0.396 e. The number of aliphatic hydroxyl groups excluding tert-OH is 1. The van der Waals surface area contributed by atoms with E-state index in [0.29, 0.717) is 0 Å². The molecule has 0 radical (unpaired) electrons. The maximum atomic E-state index is 11.4. The summed E-state index contributed by atoms with van der Waals surface area (Å²) < 4.78 is 35.3. The summed E-state index contributed by atoms with van der Waals surface area (Å²) in [6, 6.07) is 0. The maximum absolute atomic E-state index is 11.4. The fourth-order valence-corrected chi connectivity index (χ4v) is 2.21. The number of aliphatic hydroxyl groups is 1. The zero-order valence-corrected chi connectivity index (χ0v) is 12.5. The van der Waals surface area contributed by atoms with E-state index in [1.54, 1.807) is 6.92 Å². The molecule has 0 saturated heterocycles. The van der Waals surface area contributed by atoms with E-state index in [2.05, 4.69) is 13.6 Å². The summed E-state index contributed by atoms with van der Waals surface area (Å²) in [4.78, 5) is 26.2. The molecule has 19 heavy (non-hydrogen) atoms. The summed E-state index contributed by atoms with van der Waals surface area (Å²) in [7, 11) is -8.80. The molecule has 0 saturated carbocycles. The number of rotatable bonds is 10. The second-order valence-corrected chi connectivity index (χ2v) is 6.93. The van der Waals surface area contributed by atoms with Gasteiger partial charge in [0.25, 0.3) is 0 Å². The minimum atomic E-state index is -4.56. The highest BCUT2D eigenvalue weighted by Crippen LogP contribution is 2.44. The van der Waals surface area contributed by atoms with Crippen LogP contribution in [0.2, 0.25) is 0 Å². The topological polar surface area (TPSA) is 143 Å². The van der Waals surface area contributed by atoms with Crippen molar-refractivity contribution in [3.8, 4) is 0 Å². The lowest BCUT2D eigenvalue weighted by Crippen LogP contribution is -2.14. The van der Waals surface area contributed by atoms with Crippen molar-refractivity contribution in [1.29, 1.82) is 0 Å². The van der Waals surface area contributed by atoms with Crippen LogP contribution in [0.15, 0.2) is 0 Å². The second-order valence-electron chi connectivity index (χ2n) is 4.24. The molecule has 4 N–H and O–H groups in total. The van der Waals surface area contributed by atoms with Crippen LogP contribution in [0, 0.1) is 11.8 Å². The summed E-state index contributed by atoms with van der Waals surface area (Å²) in [6.07, 6.45) is 0. The summed E-state index contributed by atoms with van der Waals surface area (Å²) in [5.41, 5.74) is 0. The lowest BCUT2D eigenvalue weighted by molar-refractivity contribution is 0.0926. The van der Waals surface area contributed by atoms with Crippen LogP contribution >= 0.6 is 15.6 Å². The molecule has 0 spiro atoms. The van der Waals surface area contributed by atoms with E-state index in [0.717, 1.165) is 0 Å². The molecule has 11 heteroatoms. The van der Waals surface area contributed by atoms with Gasteiger partial charge >= 0.3 is 15.6 Å². The molecule has 3 unspecified atom stereocenters. The molecule has 0 aromatic rings. The lowest BCUT2D eigenvalue weighted by atomic mass is 10.2. The number of hydrogen-bond acceptors (Lipinski definition) is 6. The quantitative estimate of drug-likeness (QED) is 0.422. The van der Waals surface area contributed by atoms with Gasteiger partial charge in [0.1, 0.15) is 0 Å². The molecule has 0 amide bonds. The Hall–Kier alpha value is 0.180. The average Bonchev–Trinajstić information content (AvgIpc) is 2.30. The van der Waals surface area contributed by atoms with Crippen LogP contribution in [-0.4, -0.2) is 46.2 Å². The predicted molar refractivity (Wildman–Crippen MR) is 65.1 cm³/mol. The molecule has 0 bridgehead atoms. The van der Waals surface area contributed by atoms with Gasteiger partial charge in [-0.1, -0.05) is 13.8 Å². The third kappa shape index (κ3) is 11.7. The molecule has 0 heterocycles. The summed E-state index contributed by atoms with van der Waals surface area (Å²) in [5.74, 6) is -0.813. The SMILES string of the molecule is CC(CO)COP(=O)(O)OCC(C)COP(=O)(O)O. The Labute approximate surface area is 111 Å². The second kappa shape index (κ2) is 8.46. The highest BCUT2D eigenvalue weighted by atomic mass is 31.2. The largest absolute Gasteiger partial charge is 0.472 e. The monoisotopic (exact) mass is 322 g/mol. The first-order chi connectivity index (χ1) is 8.56. The fourth-order valence-electron chi connectivity index (χ4n) is 0.805. The van der Waals surface area contributed by atoms with Crippen molar-refractivity contribution < 1.29 is 42.5 Å².